The lowest BCUT2D eigenvalue weighted by molar-refractivity contribution is 0.432. The van der Waals surface area contributed by atoms with Crippen molar-refractivity contribution < 1.29 is 5.11 Å². The predicted molar refractivity (Wildman–Crippen MR) is 104 cm³/mol. The first kappa shape index (κ1) is 16.8. The Kier molecular flexibility index (Phi) is 4.69. The van der Waals surface area contributed by atoms with Crippen LogP contribution in [0.5, 0.6) is 5.75 Å². The summed E-state index contributed by atoms with van der Waals surface area (Å²) in [5, 5.41) is 14.5. The van der Waals surface area contributed by atoms with Crippen molar-refractivity contribution in [3.8, 4) is 5.75 Å². The molecule has 0 spiro atoms. The van der Waals surface area contributed by atoms with Crippen LogP contribution in [-0.2, 0) is 0 Å². The minimum Gasteiger partial charge on any atom is -0.507 e. The number of hydrogen-bond acceptors (Lipinski definition) is 4. The number of phenols is 1. The maximum Gasteiger partial charge on any atom is 0.126 e. The lowest BCUT2D eigenvalue weighted by Gasteiger charge is -2.30. The van der Waals surface area contributed by atoms with Crippen LogP contribution in [0.15, 0.2) is 77.9 Å². The molecule has 4 nitrogen and oxygen atoms in total. The monoisotopic (exact) mass is 363 g/mol. The number of phenolic OH excluding ortho intramolecular Hbond substituents is 1. The predicted octanol–water partition coefficient (Wildman–Crippen LogP) is 4.66. The van der Waals surface area contributed by atoms with Gasteiger partial charge in [0.05, 0.1) is 17.4 Å². The molecule has 0 bridgehead atoms. The normalized spacial score (nSPS) is 19.8. The second kappa shape index (κ2) is 7.28. The van der Waals surface area contributed by atoms with Gasteiger partial charge in [0.25, 0.3) is 0 Å². The highest BCUT2D eigenvalue weighted by Gasteiger charge is 2.27. The highest BCUT2D eigenvalue weighted by atomic mass is 35.5. The summed E-state index contributed by atoms with van der Waals surface area (Å²) in [6.45, 7) is 0. The van der Waals surface area contributed by atoms with Crippen molar-refractivity contribution in [1.82, 2.24) is 10.3 Å². The molecule has 2 unspecified atom stereocenters. The van der Waals surface area contributed by atoms with Crippen LogP contribution < -0.4 is 5.32 Å². The molecule has 0 aliphatic carbocycles. The van der Waals surface area contributed by atoms with E-state index >= 15 is 0 Å². The summed E-state index contributed by atoms with van der Waals surface area (Å²) in [6.07, 6.45) is 2.21. The molecule has 2 aromatic carbocycles. The Labute approximate surface area is 157 Å². The Morgan fingerprint density at radius 3 is 2.46 bits per heavy atom. The third-order valence-corrected chi connectivity index (χ3v) is 4.74. The van der Waals surface area contributed by atoms with Gasteiger partial charge in [0.15, 0.2) is 0 Å². The molecule has 3 aromatic rings. The molecule has 0 fully saturated rings. The Hall–Kier alpha value is -2.69. The Bertz CT molecular complexity index is 926. The molecular weight excluding hydrogens is 346 g/mol. The van der Waals surface area contributed by atoms with Crippen LogP contribution in [0.1, 0.15) is 35.4 Å². The fourth-order valence-electron chi connectivity index (χ4n) is 3.17. The number of aromatic hydroxyl groups is 1. The van der Waals surface area contributed by atoms with E-state index in [0.29, 0.717) is 11.4 Å². The molecule has 5 heteroatoms. The summed E-state index contributed by atoms with van der Waals surface area (Å²) >= 11 is 6.02. The second-order valence-corrected chi connectivity index (χ2v) is 6.66. The van der Waals surface area contributed by atoms with E-state index in [-0.39, 0.29) is 18.0 Å². The van der Waals surface area contributed by atoms with E-state index in [1.165, 1.54) is 0 Å². The van der Waals surface area contributed by atoms with E-state index in [2.05, 4.69) is 10.3 Å². The SMILES string of the molecule is Oc1ccccc1C1=NC(c2ccc(Cl)cc2)NC(c2ccccn2)C1. The molecule has 2 N–H and O–H groups in total. The number of hydrogen-bond donors (Lipinski definition) is 2. The van der Waals surface area contributed by atoms with Gasteiger partial charge in [-0.2, -0.15) is 0 Å². The summed E-state index contributed by atoms with van der Waals surface area (Å²) in [7, 11) is 0. The van der Waals surface area contributed by atoms with Crippen LogP contribution in [0.4, 0.5) is 0 Å². The number of nitrogens with one attached hydrogen (secondary N) is 1. The number of benzene rings is 2. The molecule has 0 amide bonds. The van der Waals surface area contributed by atoms with Gasteiger partial charge < -0.3 is 5.11 Å². The van der Waals surface area contributed by atoms with Gasteiger partial charge in [0.2, 0.25) is 0 Å². The van der Waals surface area contributed by atoms with Crippen LogP contribution >= 0.6 is 11.6 Å². The maximum atomic E-state index is 10.3. The van der Waals surface area contributed by atoms with E-state index in [1.807, 2.05) is 60.7 Å². The fraction of sp³-hybridized carbons (Fsp3) is 0.143. The standard InChI is InChI=1S/C21H18ClN3O/c22-15-10-8-14(9-11-15)21-24-18(16-5-1-2-7-20(16)26)13-19(25-21)17-6-3-4-12-23-17/h1-12,19,21,25-26H,13H2. The zero-order valence-electron chi connectivity index (χ0n) is 14.0. The third-order valence-electron chi connectivity index (χ3n) is 4.49. The molecule has 0 radical (unpaired) electrons. The number of nitrogens with zero attached hydrogens (tertiary/aromatic N) is 2. The highest BCUT2D eigenvalue weighted by molar-refractivity contribution is 6.30. The summed E-state index contributed by atoms with van der Waals surface area (Å²) in [5.74, 6) is 0.239. The number of para-hydroxylation sites is 1. The van der Waals surface area contributed by atoms with E-state index in [4.69, 9.17) is 16.6 Å². The minimum atomic E-state index is -0.234. The van der Waals surface area contributed by atoms with Crippen LogP contribution in [0.25, 0.3) is 0 Å². The summed E-state index contributed by atoms with van der Waals surface area (Å²) in [6, 6.07) is 20.8. The Morgan fingerprint density at radius 1 is 0.962 bits per heavy atom. The first-order chi connectivity index (χ1) is 12.7. The van der Waals surface area contributed by atoms with E-state index in [0.717, 1.165) is 22.5 Å². The Morgan fingerprint density at radius 2 is 1.73 bits per heavy atom. The van der Waals surface area contributed by atoms with Gasteiger partial charge >= 0.3 is 0 Å². The topological polar surface area (TPSA) is 57.5 Å². The zero-order chi connectivity index (χ0) is 17.9. The molecule has 1 aromatic heterocycles. The molecule has 26 heavy (non-hydrogen) atoms. The molecule has 0 saturated heterocycles. The van der Waals surface area contributed by atoms with Crippen LogP contribution in [0.3, 0.4) is 0 Å². The van der Waals surface area contributed by atoms with Crippen LogP contribution in [0.2, 0.25) is 5.02 Å². The number of aromatic nitrogens is 1. The number of halogens is 1. The largest absolute Gasteiger partial charge is 0.507 e. The summed E-state index contributed by atoms with van der Waals surface area (Å²) in [5.41, 5.74) is 3.59. The second-order valence-electron chi connectivity index (χ2n) is 6.23. The quantitative estimate of drug-likeness (QED) is 0.711. The zero-order valence-corrected chi connectivity index (χ0v) is 14.8. The van der Waals surface area contributed by atoms with Crippen molar-refractivity contribution in [3.05, 3.63) is 94.8 Å². The molecule has 2 heterocycles. The van der Waals surface area contributed by atoms with Crippen molar-refractivity contribution in [2.45, 2.75) is 18.6 Å². The van der Waals surface area contributed by atoms with Gasteiger partial charge in [-0.25, -0.2) is 0 Å². The van der Waals surface area contributed by atoms with E-state index < -0.39 is 0 Å². The van der Waals surface area contributed by atoms with Gasteiger partial charge in [-0.1, -0.05) is 41.9 Å². The number of pyridine rings is 1. The molecule has 4 rings (SSSR count). The minimum absolute atomic E-state index is 0.00369. The summed E-state index contributed by atoms with van der Waals surface area (Å²) in [4.78, 5) is 9.36. The molecule has 1 aliphatic heterocycles. The number of rotatable bonds is 3. The average molecular weight is 364 g/mol. The molecular formula is C21H18ClN3O. The average Bonchev–Trinajstić information content (AvgIpc) is 2.69. The smallest absolute Gasteiger partial charge is 0.126 e. The first-order valence-corrected chi connectivity index (χ1v) is 8.86. The first-order valence-electron chi connectivity index (χ1n) is 8.48. The molecule has 1 aliphatic rings. The van der Waals surface area contributed by atoms with Gasteiger partial charge in [-0.3, -0.25) is 15.3 Å². The van der Waals surface area contributed by atoms with Crippen molar-refractivity contribution in [1.29, 1.82) is 0 Å². The number of aliphatic imine (C=N–C) groups is 1. The third kappa shape index (κ3) is 3.47. The molecule has 2 atom stereocenters. The van der Waals surface area contributed by atoms with Gasteiger partial charge in [0.1, 0.15) is 11.9 Å². The lowest BCUT2D eigenvalue weighted by atomic mass is 9.96. The fourth-order valence-corrected chi connectivity index (χ4v) is 3.30. The van der Waals surface area contributed by atoms with Crippen LogP contribution in [0, 0.1) is 0 Å². The van der Waals surface area contributed by atoms with Gasteiger partial charge in [-0.05, 0) is 42.0 Å². The van der Waals surface area contributed by atoms with Crippen molar-refractivity contribution >= 4 is 17.3 Å². The highest BCUT2D eigenvalue weighted by Crippen LogP contribution is 2.32. The maximum absolute atomic E-state index is 10.3. The summed E-state index contributed by atoms with van der Waals surface area (Å²) < 4.78 is 0. The molecule has 0 saturated carbocycles. The van der Waals surface area contributed by atoms with E-state index in [9.17, 15) is 5.11 Å². The van der Waals surface area contributed by atoms with Crippen LogP contribution in [-0.4, -0.2) is 15.8 Å². The lowest BCUT2D eigenvalue weighted by Crippen LogP contribution is -2.33. The Balaban J connectivity index is 1.75. The van der Waals surface area contributed by atoms with E-state index in [1.54, 1.807) is 12.3 Å². The van der Waals surface area contributed by atoms with Crippen molar-refractivity contribution in [2.75, 3.05) is 0 Å². The molecule has 130 valence electrons. The van der Waals surface area contributed by atoms with Gasteiger partial charge in [-0.15, -0.1) is 0 Å². The van der Waals surface area contributed by atoms with Crippen molar-refractivity contribution in [3.63, 3.8) is 0 Å². The van der Waals surface area contributed by atoms with Gasteiger partial charge in [0, 0.05) is 23.2 Å². The van der Waals surface area contributed by atoms with Crippen molar-refractivity contribution in [2.24, 2.45) is 4.99 Å².